The highest BCUT2D eigenvalue weighted by molar-refractivity contribution is 5.72. The van der Waals surface area contributed by atoms with Crippen LogP contribution in [0, 0.1) is 5.92 Å². The van der Waals surface area contributed by atoms with Gasteiger partial charge in [-0.15, -0.1) is 0 Å². The highest BCUT2D eigenvalue weighted by Crippen LogP contribution is 2.10. The minimum absolute atomic E-state index is 0.186. The topological polar surface area (TPSA) is 38.3 Å². The predicted molar refractivity (Wildman–Crippen MR) is 82.6 cm³/mol. The van der Waals surface area contributed by atoms with E-state index in [4.69, 9.17) is 4.74 Å². The van der Waals surface area contributed by atoms with Gasteiger partial charge in [-0.3, -0.25) is 4.79 Å². The Hall–Kier alpha value is -1.35. The summed E-state index contributed by atoms with van der Waals surface area (Å²) >= 11 is 0. The molecule has 112 valence electrons. The zero-order valence-electron chi connectivity index (χ0n) is 12.9. The number of unbranched alkanes of at least 4 members (excludes halogenated alkanes) is 1. The average Bonchev–Trinajstić information content (AvgIpc) is 2.43. The zero-order valence-corrected chi connectivity index (χ0v) is 12.9. The van der Waals surface area contributed by atoms with Crippen LogP contribution in [0.1, 0.15) is 44.2 Å². The van der Waals surface area contributed by atoms with Gasteiger partial charge in [0.1, 0.15) is 0 Å². The Bertz CT molecular complexity index is 402. The molecule has 3 nitrogen and oxygen atoms in total. The Balaban J connectivity index is 2.34. The van der Waals surface area contributed by atoms with Crippen LogP contribution in [-0.4, -0.2) is 19.6 Å². The molecule has 0 unspecified atom stereocenters. The highest BCUT2D eigenvalue weighted by atomic mass is 16.5. The van der Waals surface area contributed by atoms with Gasteiger partial charge in [-0.25, -0.2) is 0 Å². The molecule has 0 radical (unpaired) electrons. The summed E-state index contributed by atoms with van der Waals surface area (Å²) in [5, 5.41) is 3.45. The molecule has 0 aliphatic carbocycles. The molecular formula is C17H27NO2. The molecule has 1 aromatic rings. The molecule has 1 N–H and O–H groups in total. The third kappa shape index (κ3) is 6.71. The Morgan fingerprint density at radius 2 is 1.90 bits per heavy atom. The maximum absolute atomic E-state index is 11.4. The third-order valence-electron chi connectivity index (χ3n) is 3.38. The Kier molecular flexibility index (Phi) is 7.97. The SMILES string of the molecule is COC(=O)Cc1ccccc1CNCCCCC(C)C. The van der Waals surface area contributed by atoms with Crippen LogP contribution in [0.2, 0.25) is 0 Å². The second-order valence-electron chi connectivity index (χ2n) is 5.59. The van der Waals surface area contributed by atoms with Crippen LogP contribution in [0.5, 0.6) is 0 Å². The number of esters is 1. The molecular weight excluding hydrogens is 250 g/mol. The summed E-state index contributed by atoms with van der Waals surface area (Å²) < 4.78 is 4.73. The molecule has 20 heavy (non-hydrogen) atoms. The van der Waals surface area contributed by atoms with E-state index in [1.54, 1.807) is 0 Å². The quantitative estimate of drug-likeness (QED) is 0.556. The van der Waals surface area contributed by atoms with E-state index in [1.807, 2.05) is 18.2 Å². The van der Waals surface area contributed by atoms with Crippen LogP contribution in [-0.2, 0) is 22.5 Å². The molecule has 0 amide bonds. The van der Waals surface area contributed by atoms with Crippen LogP contribution in [0.3, 0.4) is 0 Å². The maximum Gasteiger partial charge on any atom is 0.309 e. The molecule has 1 aromatic carbocycles. The van der Waals surface area contributed by atoms with Gasteiger partial charge in [0.05, 0.1) is 13.5 Å². The second-order valence-corrected chi connectivity index (χ2v) is 5.59. The van der Waals surface area contributed by atoms with E-state index in [2.05, 4.69) is 25.2 Å². The van der Waals surface area contributed by atoms with Crippen molar-refractivity contribution in [2.24, 2.45) is 5.92 Å². The average molecular weight is 277 g/mol. The molecule has 0 aromatic heterocycles. The van der Waals surface area contributed by atoms with Crippen molar-refractivity contribution in [1.29, 1.82) is 0 Å². The first kappa shape index (κ1) is 16.7. The summed E-state index contributed by atoms with van der Waals surface area (Å²) in [6, 6.07) is 8.03. The van der Waals surface area contributed by atoms with Crippen molar-refractivity contribution in [1.82, 2.24) is 5.32 Å². The van der Waals surface area contributed by atoms with Crippen molar-refractivity contribution in [2.45, 2.75) is 46.1 Å². The first-order valence-electron chi connectivity index (χ1n) is 7.47. The minimum Gasteiger partial charge on any atom is -0.469 e. The first-order valence-corrected chi connectivity index (χ1v) is 7.47. The molecule has 0 heterocycles. The first-order chi connectivity index (χ1) is 9.63. The molecule has 1 rings (SSSR count). The lowest BCUT2D eigenvalue weighted by atomic mass is 10.0. The fraction of sp³-hybridized carbons (Fsp3) is 0.588. The summed E-state index contributed by atoms with van der Waals surface area (Å²) in [6.45, 7) is 6.36. The smallest absolute Gasteiger partial charge is 0.309 e. The van der Waals surface area contributed by atoms with Crippen molar-refractivity contribution < 1.29 is 9.53 Å². The van der Waals surface area contributed by atoms with Gasteiger partial charge in [-0.2, -0.15) is 0 Å². The van der Waals surface area contributed by atoms with Crippen molar-refractivity contribution in [3.63, 3.8) is 0 Å². The number of hydrogen-bond donors (Lipinski definition) is 1. The summed E-state index contributed by atoms with van der Waals surface area (Å²) in [6.07, 6.45) is 4.12. The van der Waals surface area contributed by atoms with Gasteiger partial charge >= 0.3 is 5.97 Å². The Morgan fingerprint density at radius 3 is 2.55 bits per heavy atom. The van der Waals surface area contributed by atoms with E-state index in [0.717, 1.165) is 24.6 Å². The molecule has 0 aliphatic rings. The molecule has 0 bridgehead atoms. The van der Waals surface area contributed by atoms with Crippen molar-refractivity contribution in [2.75, 3.05) is 13.7 Å². The lowest BCUT2D eigenvalue weighted by Crippen LogP contribution is -2.17. The van der Waals surface area contributed by atoms with Crippen molar-refractivity contribution in [3.05, 3.63) is 35.4 Å². The predicted octanol–water partition coefficient (Wildman–Crippen LogP) is 3.32. The van der Waals surface area contributed by atoms with Gasteiger partial charge < -0.3 is 10.1 Å². The summed E-state index contributed by atoms with van der Waals surface area (Å²) in [7, 11) is 1.43. The number of benzene rings is 1. The van der Waals surface area contributed by atoms with Crippen molar-refractivity contribution in [3.8, 4) is 0 Å². The second kappa shape index (κ2) is 9.54. The van der Waals surface area contributed by atoms with E-state index in [0.29, 0.717) is 6.42 Å². The molecule has 0 saturated carbocycles. The van der Waals surface area contributed by atoms with Crippen LogP contribution in [0.15, 0.2) is 24.3 Å². The fourth-order valence-corrected chi connectivity index (χ4v) is 2.16. The van der Waals surface area contributed by atoms with Gasteiger partial charge in [0, 0.05) is 6.54 Å². The summed E-state index contributed by atoms with van der Waals surface area (Å²) in [5.74, 6) is 0.602. The Morgan fingerprint density at radius 1 is 1.20 bits per heavy atom. The van der Waals surface area contributed by atoms with Gasteiger partial charge in [0.25, 0.3) is 0 Å². The van der Waals surface area contributed by atoms with Crippen LogP contribution < -0.4 is 5.32 Å². The van der Waals surface area contributed by atoms with Gasteiger partial charge in [0.2, 0.25) is 0 Å². The van der Waals surface area contributed by atoms with Gasteiger partial charge in [-0.05, 0) is 30.0 Å². The van der Waals surface area contributed by atoms with Crippen LogP contribution in [0.4, 0.5) is 0 Å². The largest absolute Gasteiger partial charge is 0.469 e. The third-order valence-corrected chi connectivity index (χ3v) is 3.38. The van der Waals surface area contributed by atoms with E-state index in [1.165, 1.54) is 31.9 Å². The number of carbonyl (C=O) groups excluding carboxylic acids is 1. The van der Waals surface area contributed by atoms with Crippen molar-refractivity contribution >= 4 is 5.97 Å². The molecule has 0 saturated heterocycles. The number of methoxy groups -OCH3 is 1. The monoisotopic (exact) mass is 277 g/mol. The molecule has 0 spiro atoms. The van der Waals surface area contributed by atoms with E-state index >= 15 is 0 Å². The van der Waals surface area contributed by atoms with E-state index < -0.39 is 0 Å². The number of rotatable bonds is 9. The lowest BCUT2D eigenvalue weighted by Gasteiger charge is -2.10. The summed E-state index contributed by atoms with van der Waals surface area (Å²) in [4.78, 5) is 11.4. The van der Waals surface area contributed by atoms with Crippen LogP contribution in [0.25, 0.3) is 0 Å². The highest BCUT2D eigenvalue weighted by Gasteiger charge is 2.07. The standard InChI is InChI=1S/C17H27NO2/c1-14(2)8-6-7-11-18-13-16-10-5-4-9-15(16)12-17(19)20-3/h4-5,9-10,14,18H,6-8,11-13H2,1-3H3. The number of nitrogens with one attached hydrogen (secondary N) is 1. The molecule has 0 aliphatic heterocycles. The van der Waals surface area contributed by atoms with E-state index in [9.17, 15) is 4.79 Å². The van der Waals surface area contributed by atoms with E-state index in [-0.39, 0.29) is 5.97 Å². The number of carbonyl (C=O) groups is 1. The number of hydrogen-bond acceptors (Lipinski definition) is 3. The zero-order chi connectivity index (χ0) is 14.8. The fourth-order valence-electron chi connectivity index (χ4n) is 2.16. The normalized spacial score (nSPS) is 10.8. The van der Waals surface area contributed by atoms with Gasteiger partial charge in [0.15, 0.2) is 0 Å². The molecule has 0 atom stereocenters. The van der Waals surface area contributed by atoms with Crippen LogP contribution >= 0.6 is 0 Å². The number of ether oxygens (including phenoxy) is 1. The summed E-state index contributed by atoms with van der Waals surface area (Å²) in [5.41, 5.74) is 2.23. The molecule has 3 heteroatoms. The Labute approximate surface area is 122 Å². The maximum atomic E-state index is 11.4. The minimum atomic E-state index is -0.186. The lowest BCUT2D eigenvalue weighted by molar-refractivity contribution is -0.139. The van der Waals surface area contributed by atoms with Gasteiger partial charge in [-0.1, -0.05) is 51.0 Å². The molecule has 0 fully saturated rings.